The Morgan fingerprint density at radius 1 is 0.882 bits per heavy atom. The molecule has 0 aromatic heterocycles. The minimum absolute atomic E-state index is 1.23. The molecule has 0 nitrogen and oxygen atoms in total. The molecule has 1 aliphatic heterocycles. The normalized spacial score (nSPS) is 15.2. The highest BCUT2D eigenvalue weighted by atomic mass is 33.1. The average molecular weight is 273 g/mol. The maximum absolute atomic E-state index is 2.41. The highest BCUT2D eigenvalue weighted by Crippen LogP contribution is 2.39. The van der Waals surface area contributed by atoms with Crippen molar-refractivity contribution in [2.45, 2.75) is 77.6 Å². The van der Waals surface area contributed by atoms with Gasteiger partial charge in [0.2, 0.25) is 0 Å². The SMILES string of the molecule is CCCCCCCCCCCCC1=CCSS1. The van der Waals surface area contributed by atoms with E-state index in [2.05, 4.69) is 13.0 Å². The Morgan fingerprint density at radius 2 is 1.47 bits per heavy atom. The molecule has 1 rings (SSSR count). The molecule has 0 unspecified atom stereocenters. The first kappa shape index (κ1) is 15.5. The molecule has 0 saturated carbocycles. The van der Waals surface area contributed by atoms with Gasteiger partial charge in [-0.3, -0.25) is 0 Å². The van der Waals surface area contributed by atoms with Crippen LogP contribution in [-0.2, 0) is 0 Å². The van der Waals surface area contributed by atoms with E-state index < -0.39 is 0 Å². The molecule has 0 aliphatic carbocycles. The van der Waals surface area contributed by atoms with Crippen molar-refractivity contribution >= 4 is 21.6 Å². The molecule has 1 heterocycles. The van der Waals surface area contributed by atoms with Gasteiger partial charge in [-0.25, -0.2) is 0 Å². The van der Waals surface area contributed by atoms with Gasteiger partial charge in [0, 0.05) is 5.75 Å². The second-order valence-corrected chi connectivity index (χ2v) is 7.44. The van der Waals surface area contributed by atoms with E-state index in [1.165, 1.54) is 76.4 Å². The van der Waals surface area contributed by atoms with E-state index in [4.69, 9.17) is 0 Å². The van der Waals surface area contributed by atoms with Gasteiger partial charge in [0.15, 0.2) is 0 Å². The fourth-order valence-corrected chi connectivity index (χ4v) is 4.49. The van der Waals surface area contributed by atoms with Crippen molar-refractivity contribution < 1.29 is 0 Å². The third kappa shape index (κ3) is 9.07. The molecule has 0 spiro atoms. The Labute approximate surface area is 116 Å². The van der Waals surface area contributed by atoms with Crippen LogP contribution in [0.3, 0.4) is 0 Å². The van der Waals surface area contributed by atoms with Crippen molar-refractivity contribution in [3.8, 4) is 0 Å². The van der Waals surface area contributed by atoms with Crippen LogP contribution < -0.4 is 0 Å². The summed E-state index contributed by atoms with van der Waals surface area (Å²) < 4.78 is 0. The highest BCUT2D eigenvalue weighted by Gasteiger charge is 2.04. The molecule has 17 heavy (non-hydrogen) atoms. The predicted molar refractivity (Wildman–Crippen MR) is 84.6 cm³/mol. The maximum Gasteiger partial charge on any atom is 0.0232 e. The Hall–Kier alpha value is 0.440. The number of rotatable bonds is 11. The number of hydrogen-bond donors (Lipinski definition) is 0. The van der Waals surface area contributed by atoms with Crippen LogP contribution in [0, 0.1) is 0 Å². The number of unbranched alkanes of at least 4 members (excludes halogenated alkanes) is 9. The zero-order chi connectivity index (χ0) is 12.2. The predicted octanol–water partition coefficient (Wildman–Crippen LogP) is 6.58. The Morgan fingerprint density at radius 3 is 2.00 bits per heavy atom. The standard InChI is InChI=1S/C15H28S2/c1-2-3-4-5-6-7-8-9-10-11-12-15-13-14-16-17-15/h13H,2-12,14H2,1H3. The molecule has 0 aromatic rings. The topological polar surface area (TPSA) is 0 Å². The van der Waals surface area contributed by atoms with Crippen LogP contribution in [0.25, 0.3) is 0 Å². The van der Waals surface area contributed by atoms with Crippen LogP contribution >= 0.6 is 21.6 Å². The molecule has 0 amide bonds. The van der Waals surface area contributed by atoms with E-state index in [0.29, 0.717) is 0 Å². The van der Waals surface area contributed by atoms with E-state index in [9.17, 15) is 0 Å². The molecule has 0 radical (unpaired) electrons. The third-order valence-electron chi connectivity index (χ3n) is 3.32. The Bertz CT molecular complexity index is 199. The lowest BCUT2D eigenvalue weighted by Crippen LogP contribution is -1.82. The third-order valence-corrected chi connectivity index (χ3v) is 5.73. The second kappa shape index (κ2) is 11.5. The molecule has 0 saturated heterocycles. The number of hydrogen-bond acceptors (Lipinski definition) is 2. The summed E-state index contributed by atoms with van der Waals surface area (Å²) in [5.74, 6) is 1.23. The minimum atomic E-state index is 1.23. The molecule has 0 atom stereocenters. The average Bonchev–Trinajstić information content (AvgIpc) is 2.85. The van der Waals surface area contributed by atoms with Crippen LogP contribution in [0.4, 0.5) is 0 Å². The summed E-state index contributed by atoms with van der Waals surface area (Å²) in [5.41, 5.74) is 0. The molecule has 100 valence electrons. The lowest BCUT2D eigenvalue weighted by molar-refractivity contribution is 0.557. The van der Waals surface area contributed by atoms with Gasteiger partial charge >= 0.3 is 0 Å². The first-order valence-electron chi connectivity index (χ1n) is 7.42. The van der Waals surface area contributed by atoms with Crippen molar-refractivity contribution in [3.63, 3.8) is 0 Å². The summed E-state index contributed by atoms with van der Waals surface area (Å²) in [6.07, 6.45) is 18.2. The summed E-state index contributed by atoms with van der Waals surface area (Å²) in [6.45, 7) is 2.29. The fraction of sp³-hybridized carbons (Fsp3) is 0.867. The molecule has 1 aliphatic rings. The van der Waals surface area contributed by atoms with Gasteiger partial charge in [-0.15, -0.1) is 0 Å². The first-order valence-corrected chi connectivity index (χ1v) is 9.74. The first-order chi connectivity index (χ1) is 8.43. The molecule has 2 heteroatoms. The zero-order valence-corrected chi connectivity index (χ0v) is 13.0. The van der Waals surface area contributed by atoms with E-state index in [-0.39, 0.29) is 0 Å². The molecular weight excluding hydrogens is 244 g/mol. The zero-order valence-electron chi connectivity index (χ0n) is 11.4. The molecular formula is C15H28S2. The summed E-state index contributed by atoms with van der Waals surface area (Å²) >= 11 is 0. The van der Waals surface area contributed by atoms with Crippen LogP contribution in [0.5, 0.6) is 0 Å². The quantitative estimate of drug-likeness (QED) is 0.308. The fourth-order valence-electron chi connectivity index (χ4n) is 2.20. The Balaban J connectivity index is 1.72. The molecule has 0 aromatic carbocycles. The molecule has 0 bridgehead atoms. The largest absolute Gasteiger partial charge is 0.0851 e. The summed E-state index contributed by atoms with van der Waals surface area (Å²) in [7, 11) is 3.99. The van der Waals surface area contributed by atoms with Gasteiger partial charge in [0.1, 0.15) is 0 Å². The van der Waals surface area contributed by atoms with Crippen LogP contribution in [-0.4, -0.2) is 5.75 Å². The number of allylic oxidation sites excluding steroid dienone is 1. The Kier molecular flexibility index (Phi) is 10.5. The van der Waals surface area contributed by atoms with Crippen LogP contribution in [0.1, 0.15) is 77.6 Å². The van der Waals surface area contributed by atoms with Crippen LogP contribution in [0.15, 0.2) is 11.0 Å². The van der Waals surface area contributed by atoms with E-state index in [1.54, 1.807) is 4.91 Å². The van der Waals surface area contributed by atoms with Crippen molar-refractivity contribution in [2.24, 2.45) is 0 Å². The summed E-state index contributed by atoms with van der Waals surface area (Å²) in [4.78, 5) is 1.63. The maximum atomic E-state index is 2.41. The smallest absolute Gasteiger partial charge is 0.0232 e. The van der Waals surface area contributed by atoms with Crippen LogP contribution in [0.2, 0.25) is 0 Å². The van der Waals surface area contributed by atoms with Gasteiger partial charge < -0.3 is 0 Å². The monoisotopic (exact) mass is 272 g/mol. The minimum Gasteiger partial charge on any atom is -0.0851 e. The molecule has 0 N–H and O–H groups in total. The van der Waals surface area contributed by atoms with E-state index in [0.717, 1.165) is 0 Å². The van der Waals surface area contributed by atoms with Gasteiger partial charge in [-0.1, -0.05) is 92.4 Å². The van der Waals surface area contributed by atoms with Crippen molar-refractivity contribution in [3.05, 3.63) is 11.0 Å². The second-order valence-electron chi connectivity index (χ2n) is 4.97. The van der Waals surface area contributed by atoms with Gasteiger partial charge in [0.25, 0.3) is 0 Å². The summed E-state index contributed by atoms with van der Waals surface area (Å²) in [6, 6.07) is 0. The highest BCUT2D eigenvalue weighted by molar-refractivity contribution is 8.78. The van der Waals surface area contributed by atoms with Crippen molar-refractivity contribution in [1.29, 1.82) is 0 Å². The van der Waals surface area contributed by atoms with E-state index in [1.807, 2.05) is 21.6 Å². The van der Waals surface area contributed by atoms with Crippen molar-refractivity contribution in [2.75, 3.05) is 5.75 Å². The van der Waals surface area contributed by atoms with Gasteiger partial charge in [-0.2, -0.15) is 0 Å². The lowest BCUT2D eigenvalue weighted by Gasteiger charge is -2.02. The lowest BCUT2D eigenvalue weighted by atomic mass is 10.1. The van der Waals surface area contributed by atoms with Gasteiger partial charge in [-0.05, 0) is 17.7 Å². The van der Waals surface area contributed by atoms with Gasteiger partial charge in [0.05, 0.1) is 0 Å². The molecule has 0 fully saturated rings. The van der Waals surface area contributed by atoms with E-state index >= 15 is 0 Å². The summed E-state index contributed by atoms with van der Waals surface area (Å²) in [5, 5.41) is 0. The van der Waals surface area contributed by atoms with Crippen molar-refractivity contribution in [1.82, 2.24) is 0 Å².